The van der Waals surface area contributed by atoms with Gasteiger partial charge in [0.15, 0.2) is 0 Å². The number of methoxy groups -OCH3 is 1. The van der Waals surface area contributed by atoms with Crippen molar-refractivity contribution in [3.05, 3.63) is 0 Å². The highest BCUT2D eigenvalue weighted by molar-refractivity contribution is 5.82. The summed E-state index contributed by atoms with van der Waals surface area (Å²) in [7, 11) is 1.65. The summed E-state index contributed by atoms with van der Waals surface area (Å²) < 4.78 is 4.91. The Morgan fingerprint density at radius 1 is 1.67 bits per heavy atom. The van der Waals surface area contributed by atoms with Crippen LogP contribution in [0.3, 0.4) is 0 Å². The largest absolute Gasteiger partial charge is 0.385 e. The van der Waals surface area contributed by atoms with Crippen LogP contribution in [0.1, 0.15) is 32.6 Å². The van der Waals surface area contributed by atoms with Crippen LogP contribution in [0, 0.1) is 5.92 Å². The van der Waals surface area contributed by atoms with Crippen molar-refractivity contribution in [2.75, 3.05) is 13.7 Å². The highest BCUT2D eigenvalue weighted by Gasteiger charge is 2.37. The second kappa shape index (κ2) is 6.08. The van der Waals surface area contributed by atoms with Gasteiger partial charge in [-0.3, -0.25) is 4.79 Å². The normalized spacial score (nSPS) is 26.1. The van der Waals surface area contributed by atoms with Crippen LogP contribution >= 0.6 is 0 Å². The molecule has 0 saturated heterocycles. The highest BCUT2D eigenvalue weighted by atomic mass is 16.5. The van der Waals surface area contributed by atoms with Crippen LogP contribution in [0.15, 0.2) is 0 Å². The zero-order valence-electron chi connectivity index (χ0n) is 9.66. The van der Waals surface area contributed by atoms with E-state index >= 15 is 0 Å². The first-order valence-electron chi connectivity index (χ1n) is 5.74. The van der Waals surface area contributed by atoms with Crippen molar-refractivity contribution in [1.82, 2.24) is 5.32 Å². The molecule has 0 radical (unpaired) electrons. The number of carbonyl (C=O) groups is 1. The van der Waals surface area contributed by atoms with Crippen LogP contribution in [-0.4, -0.2) is 31.7 Å². The average Bonchev–Trinajstić information content (AvgIpc) is 2.96. The van der Waals surface area contributed by atoms with E-state index in [0.29, 0.717) is 25.0 Å². The van der Waals surface area contributed by atoms with Gasteiger partial charge in [0.25, 0.3) is 0 Å². The van der Waals surface area contributed by atoms with Crippen molar-refractivity contribution in [2.45, 2.75) is 44.7 Å². The van der Waals surface area contributed by atoms with Gasteiger partial charge in [-0.05, 0) is 25.2 Å². The third-order valence-electron chi connectivity index (χ3n) is 2.97. The van der Waals surface area contributed by atoms with Crippen molar-refractivity contribution in [2.24, 2.45) is 11.7 Å². The van der Waals surface area contributed by atoms with E-state index < -0.39 is 0 Å². The molecule has 1 rings (SSSR count). The Morgan fingerprint density at radius 3 is 2.93 bits per heavy atom. The fourth-order valence-electron chi connectivity index (χ4n) is 1.74. The second-order valence-corrected chi connectivity index (χ2v) is 4.26. The van der Waals surface area contributed by atoms with E-state index in [1.165, 1.54) is 0 Å². The standard InChI is InChI=1S/C11H22N2O2/c1-3-8-7-10(8)13-11(14)9(12)5-4-6-15-2/h8-10H,3-7,12H2,1-2H3,(H,13,14). The molecule has 0 aromatic rings. The van der Waals surface area contributed by atoms with Crippen LogP contribution in [0.25, 0.3) is 0 Å². The minimum Gasteiger partial charge on any atom is -0.385 e. The molecule has 4 nitrogen and oxygen atoms in total. The number of amides is 1. The minimum absolute atomic E-state index is 0.00736. The van der Waals surface area contributed by atoms with Crippen molar-refractivity contribution in [1.29, 1.82) is 0 Å². The molecule has 0 bridgehead atoms. The van der Waals surface area contributed by atoms with Crippen LogP contribution in [0.2, 0.25) is 0 Å². The number of hydrogen-bond acceptors (Lipinski definition) is 3. The molecule has 0 spiro atoms. The molecule has 0 heterocycles. The molecule has 1 aliphatic rings. The maximum Gasteiger partial charge on any atom is 0.237 e. The number of nitrogens with one attached hydrogen (secondary N) is 1. The van der Waals surface area contributed by atoms with Crippen LogP contribution in [0.4, 0.5) is 0 Å². The third kappa shape index (κ3) is 4.18. The molecule has 4 heteroatoms. The quantitative estimate of drug-likeness (QED) is 0.612. The summed E-state index contributed by atoms with van der Waals surface area (Å²) in [6, 6.07) is 0.00855. The summed E-state index contributed by atoms with van der Waals surface area (Å²) in [5.41, 5.74) is 5.75. The molecule has 1 amide bonds. The Hall–Kier alpha value is -0.610. The molecule has 88 valence electrons. The van der Waals surface area contributed by atoms with Crippen LogP contribution in [-0.2, 0) is 9.53 Å². The summed E-state index contributed by atoms with van der Waals surface area (Å²) in [4.78, 5) is 11.6. The maximum atomic E-state index is 11.6. The average molecular weight is 214 g/mol. The van der Waals surface area contributed by atoms with Crippen molar-refractivity contribution >= 4 is 5.91 Å². The molecule has 3 atom stereocenters. The molecule has 0 aliphatic heterocycles. The lowest BCUT2D eigenvalue weighted by Crippen LogP contribution is -2.42. The first kappa shape index (κ1) is 12.5. The molecular formula is C11H22N2O2. The molecule has 15 heavy (non-hydrogen) atoms. The van der Waals surface area contributed by atoms with E-state index in [1.54, 1.807) is 7.11 Å². The lowest BCUT2D eigenvalue weighted by molar-refractivity contribution is -0.122. The van der Waals surface area contributed by atoms with E-state index in [4.69, 9.17) is 10.5 Å². The SMILES string of the molecule is CCC1CC1NC(=O)C(N)CCCOC. The smallest absolute Gasteiger partial charge is 0.237 e. The summed E-state index contributed by atoms with van der Waals surface area (Å²) >= 11 is 0. The Balaban J connectivity index is 2.11. The van der Waals surface area contributed by atoms with Gasteiger partial charge in [0.2, 0.25) is 5.91 Å². The van der Waals surface area contributed by atoms with Crippen molar-refractivity contribution < 1.29 is 9.53 Å². The number of ether oxygens (including phenoxy) is 1. The Kier molecular flexibility index (Phi) is 5.05. The first-order valence-corrected chi connectivity index (χ1v) is 5.74. The monoisotopic (exact) mass is 214 g/mol. The van der Waals surface area contributed by atoms with E-state index in [-0.39, 0.29) is 11.9 Å². The molecule has 3 unspecified atom stereocenters. The first-order chi connectivity index (χ1) is 7.19. The third-order valence-corrected chi connectivity index (χ3v) is 2.97. The van der Waals surface area contributed by atoms with E-state index in [0.717, 1.165) is 19.3 Å². The van der Waals surface area contributed by atoms with Gasteiger partial charge in [0.05, 0.1) is 6.04 Å². The van der Waals surface area contributed by atoms with Crippen molar-refractivity contribution in [3.8, 4) is 0 Å². The van der Waals surface area contributed by atoms with E-state index in [1.807, 2.05) is 0 Å². The predicted molar refractivity (Wildman–Crippen MR) is 59.4 cm³/mol. The van der Waals surface area contributed by atoms with Crippen LogP contribution < -0.4 is 11.1 Å². The molecule has 1 aliphatic carbocycles. The van der Waals surface area contributed by atoms with Gasteiger partial charge in [-0.1, -0.05) is 13.3 Å². The number of rotatable bonds is 7. The molecule has 0 aromatic heterocycles. The van der Waals surface area contributed by atoms with E-state index in [2.05, 4.69) is 12.2 Å². The molecule has 3 N–H and O–H groups in total. The van der Waals surface area contributed by atoms with Gasteiger partial charge >= 0.3 is 0 Å². The van der Waals surface area contributed by atoms with Gasteiger partial charge < -0.3 is 15.8 Å². The maximum absolute atomic E-state index is 11.6. The Morgan fingerprint density at radius 2 is 2.40 bits per heavy atom. The highest BCUT2D eigenvalue weighted by Crippen LogP contribution is 2.33. The predicted octanol–water partition coefficient (Wildman–Crippen LogP) is 0.655. The second-order valence-electron chi connectivity index (χ2n) is 4.26. The van der Waals surface area contributed by atoms with Gasteiger partial charge in [-0.2, -0.15) is 0 Å². The fraction of sp³-hybridized carbons (Fsp3) is 0.909. The summed E-state index contributed by atoms with van der Waals surface area (Å²) in [5.74, 6) is 0.673. The molecule has 1 fully saturated rings. The van der Waals surface area contributed by atoms with Gasteiger partial charge in [-0.15, -0.1) is 0 Å². The zero-order valence-corrected chi connectivity index (χ0v) is 9.66. The zero-order chi connectivity index (χ0) is 11.3. The Labute approximate surface area is 91.5 Å². The van der Waals surface area contributed by atoms with Crippen molar-refractivity contribution in [3.63, 3.8) is 0 Å². The topological polar surface area (TPSA) is 64.4 Å². The number of nitrogens with two attached hydrogens (primary N) is 1. The fourth-order valence-corrected chi connectivity index (χ4v) is 1.74. The molecule has 0 aromatic carbocycles. The number of carbonyl (C=O) groups excluding carboxylic acids is 1. The van der Waals surface area contributed by atoms with Gasteiger partial charge in [-0.25, -0.2) is 0 Å². The lowest BCUT2D eigenvalue weighted by Gasteiger charge is -2.11. The summed E-state index contributed by atoms with van der Waals surface area (Å²) in [6.45, 7) is 2.82. The van der Waals surface area contributed by atoms with Gasteiger partial charge in [0, 0.05) is 19.8 Å². The summed E-state index contributed by atoms with van der Waals surface area (Å²) in [6.07, 6.45) is 3.80. The lowest BCUT2D eigenvalue weighted by atomic mass is 10.1. The van der Waals surface area contributed by atoms with Gasteiger partial charge in [0.1, 0.15) is 0 Å². The summed E-state index contributed by atoms with van der Waals surface area (Å²) in [5, 5.41) is 2.98. The van der Waals surface area contributed by atoms with Crippen LogP contribution in [0.5, 0.6) is 0 Å². The molecular weight excluding hydrogens is 192 g/mol. The number of hydrogen-bond donors (Lipinski definition) is 2. The molecule has 1 saturated carbocycles. The van der Waals surface area contributed by atoms with E-state index in [9.17, 15) is 4.79 Å². The Bertz CT molecular complexity index is 209. The minimum atomic E-state index is -0.377.